The molecule has 0 bridgehead atoms. The van der Waals surface area contributed by atoms with Gasteiger partial charge in [0, 0.05) is 0 Å². The Hall–Kier alpha value is 0.833. The third kappa shape index (κ3) is 4.83. The molecule has 0 radical (unpaired) electrons. The molecule has 0 N–H and O–H groups in total. The summed E-state index contributed by atoms with van der Waals surface area (Å²) < 4.78 is 22.3. The van der Waals surface area contributed by atoms with Crippen LogP contribution in [-0.4, -0.2) is 0 Å². The maximum absolute atomic E-state index is 9.27. The number of rotatable bonds is 1. The van der Waals surface area contributed by atoms with Crippen molar-refractivity contribution < 1.29 is 45.3 Å². The van der Waals surface area contributed by atoms with E-state index in [2.05, 4.69) is 2.32 Å². The van der Waals surface area contributed by atoms with Crippen LogP contribution < -0.4 is 0 Å². The fourth-order valence-electron chi connectivity index (χ4n) is 0. The van der Waals surface area contributed by atoms with Gasteiger partial charge in [0.05, 0.1) is 0 Å². The monoisotopic (exact) mass is 197 g/mol. The van der Waals surface area contributed by atoms with Gasteiger partial charge in [0.25, 0.3) is 0 Å². The quantitative estimate of drug-likeness (QED) is 0.539. The Bertz CT molecular complexity index is 65.0. The Kier molecular flexibility index (Phi) is 3.55. The molecule has 0 aliphatic heterocycles. The predicted octanol–water partition coefficient (Wildman–Crippen LogP) is -0.311. The Morgan fingerprint density at radius 2 is 1.80 bits per heavy atom. The van der Waals surface area contributed by atoms with E-state index in [1.165, 1.54) is 0 Å². The summed E-state index contributed by atoms with van der Waals surface area (Å²) in [5.74, 6) is 0. The van der Waals surface area contributed by atoms with Crippen LogP contribution in [0.4, 0.5) is 0 Å². The zero-order valence-electron chi connectivity index (χ0n) is 2.08. The molecular formula is MoO3V. The Labute approximate surface area is 45.4 Å². The normalized spacial score (nSPS) is 7.20. The molecule has 0 aromatic heterocycles. The van der Waals surface area contributed by atoms with Crippen molar-refractivity contribution in [2.24, 2.45) is 0 Å². The van der Waals surface area contributed by atoms with Gasteiger partial charge in [-0.2, -0.15) is 0 Å². The van der Waals surface area contributed by atoms with Gasteiger partial charge in [-0.25, -0.2) is 0 Å². The van der Waals surface area contributed by atoms with E-state index in [0.29, 0.717) is 0 Å². The van der Waals surface area contributed by atoms with Crippen LogP contribution in [0.3, 0.4) is 0 Å². The summed E-state index contributed by atoms with van der Waals surface area (Å²) in [7, 11) is 0. The van der Waals surface area contributed by atoms with Crippen molar-refractivity contribution in [2.75, 3.05) is 0 Å². The summed E-state index contributed by atoms with van der Waals surface area (Å²) in [6.45, 7) is 0. The van der Waals surface area contributed by atoms with Crippen LogP contribution in [0, 0.1) is 0 Å². The molecule has 0 aliphatic carbocycles. The molecule has 0 saturated carbocycles. The van der Waals surface area contributed by atoms with Crippen molar-refractivity contribution >= 4 is 0 Å². The predicted molar refractivity (Wildman–Crippen MR) is 2.46 cm³/mol. The van der Waals surface area contributed by atoms with Crippen LogP contribution in [0.25, 0.3) is 0 Å². The molecule has 29 valence electrons. The van der Waals surface area contributed by atoms with Gasteiger partial charge in [-0.15, -0.1) is 0 Å². The third-order valence-electron chi connectivity index (χ3n) is 0.0609. The zero-order chi connectivity index (χ0) is 4.28. The molecule has 0 atom stereocenters. The number of hydrogen-bond acceptors (Lipinski definition) is 3. The summed E-state index contributed by atoms with van der Waals surface area (Å²) in [6.07, 6.45) is 0. The van der Waals surface area contributed by atoms with Gasteiger partial charge in [-0.3, -0.25) is 0 Å². The van der Waals surface area contributed by atoms with E-state index in [0.717, 1.165) is 20.2 Å². The molecule has 0 heterocycles. The van der Waals surface area contributed by atoms with Gasteiger partial charge in [0.2, 0.25) is 0 Å². The second-order valence-electron chi connectivity index (χ2n) is 0.298. The maximum atomic E-state index is 9.27. The fraction of sp³-hybridized carbons (Fsp3) is 0. The van der Waals surface area contributed by atoms with Crippen LogP contribution in [-0.2, 0) is 45.3 Å². The molecule has 0 spiro atoms. The minimum atomic E-state index is -3.20. The summed E-state index contributed by atoms with van der Waals surface area (Å²) in [5.41, 5.74) is 0. The van der Waals surface area contributed by atoms with E-state index in [4.69, 9.17) is 0 Å². The average molecular weight is 195 g/mol. The second kappa shape index (κ2) is 3.04. The van der Waals surface area contributed by atoms with Gasteiger partial charge in [-0.05, 0) is 0 Å². The SMILES string of the molecule is [O]=[V](=[O])[O][Mo]. The summed E-state index contributed by atoms with van der Waals surface area (Å²) in [6, 6.07) is 0. The first-order chi connectivity index (χ1) is 2.27. The van der Waals surface area contributed by atoms with E-state index in [1.807, 2.05) is 0 Å². The van der Waals surface area contributed by atoms with Crippen molar-refractivity contribution in [1.82, 2.24) is 0 Å². The molecule has 0 amide bonds. The average Bonchev–Trinajstić information content (AvgIpc) is 1.38. The first-order valence-corrected chi connectivity index (χ1v) is 3.24. The van der Waals surface area contributed by atoms with Crippen LogP contribution in [0.1, 0.15) is 0 Å². The molecule has 0 aromatic carbocycles. The van der Waals surface area contributed by atoms with Crippen molar-refractivity contribution in [3.05, 3.63) is 0 Å². The molecule has 0 aromatic rings. The third-order valence-corrected chi connectivity index (χ3v) is 1.48. The van der Waals surface area contributed by atoms with E-state index >= 15 is 0 Å². The van der Waals surface area contributed by atoms with Gasteiger partial charge < -0.3 is 0 Å². The molecule has 0 unspecified atom stereocenters. The van der Waals surface area contributed by atoms with Crippen LogP contribution >= 0.6 is 0 Å². The summed E-state index contributed by atoms with van der Waals surface area (Å²) in [5, 5.41) is 0. The van der Waals surface area contributed by atoms with Gasteiger partial charge in [0.15, 0.2) is 0 Å². The molecule has 0 rings (SSSR count). The standard InChI is InChI=1S/Mo.3O.V. The van der Waals surface area contributed by atoms with Gasteiger partial charge >= 0.3 is 45.3 Å². The van der Waals surface area contributed by atoms with E-state index in [9.17, 15) is 7.35 Å². The Morgan fingerprint density at radius 3 is 1.80 bits per heavy atom. The van der Waals surface area contributed by atoms with Crippen molar-refractivity contribution in [1.29, 1.82) is 0 Å². The second-order valence-corrected chi connectivity index (χ2v) is 2.74. The molecule has 0 aliphatic rings. The van der Waals surface area contributed by atoms with Crippen LogP contribution in [0.15, 0.2) is 0 Å². The molecular weight excluding hydrogens is 195 g/mol. The van der Waals surface area contributed by atoms with Gasteiger partial charge in [0.1, 0.15) is 0 Å². The molecule has 5 heteroatoms. The Morgan fingerprint density at radius 1 is 1.60 bits per heavy atom. The van der Waals surface area contributed by atoms with Crippen LogP contribution in [0.5, 0.6) is 0 Å². The van der Waals surface area contributed by atoms with Crippen LogP contribution in [0.2, 0.25) is 0 Å². The van der Waals surface area contributed by atoms with Crippen molar-refractivity contribution in [2.45, 2.75) is 0 Å². The first kappa shape index (κ1) is 5.83. The Balaban J connectivity index is 3.23. The minimum absolute atomic E-state index is 1.08. The van der Waals surface area contributed by atoms with Crippen molar-refractivity contribution in [3.8, 4) is 0 Å². The van der Waals surface area contributed by atoms with E-state index in [-0.39, 0.29) is 0 Å². The molecule has 3 nitrogen and oxygen atoms in total. The van der Waals surface area contributed by atoms with E-state index in [1.54, 1.807) is 0 Å². The fourth-order valence-corrected chi connectivity index (χ4v) is 0. The molecule has 5 heavy (non-hydrogen) atoms. The summed E-state index contributed by atoms with van der Waals surface area (Å²) >= 11 is -2.12. The van der Waals surface area contributed by atoms with Gasteiger partial charge in [-0.1, -0.05) is 0 Å². The van der Waals surface area contributed by atoms with E-state index < -0.39 is 15.4 Å². The zero-order valence-corrected chi connectivity index (χ0v) is 5.48. The first-order valence-electron chi connectivity index (χ1n) is 0.714. The van der Waals surface area contributed by atoms with Crippen molar-refractivity contribution in [3.63, 3.8) is 0 Å². The molecule has 0 fully saturated rings. The topological polar surface area (TPSA) is 43.4 Å². The summed E-state index contributed by atoms with van der Waals surface area (Å²) in [4.78, 5) is 0. The molecule has 0 saturated heterocycles. The number of hydrogen-bond donors (Lipinski definition) is 0.